The highest BCUT2D eigenvalue weighted by Crippen LogP contribution is 2.36. The van der Waals surface area contributed by atoms with Crippen LogP contribution >= 0.6 is 0 Å². The van der Waals surface area contributed by atoms with Crippen LogP contribution in [0.2, 0.25) is 39.3 Å². The second kappa shape index (κ2) is 2.44. The monoisotopic (exact) mass is 200 g/mol. The Kier molecular flexibility index (Phi) is 2.10. The zero-order valence-corrected chi connectivity index (χ0v) is 12.1. The van der Waals surface area contributed by atoms with Crippen molar-refractivity contribution in [3.8, 4) is 0 Å². The first-order valence-electron chi connectivity index (χ1n) is 4.46. The third-order valence-corrected chi connectivity index (χ3v) is 16.1. The van der Waals surface area contributed by atoms with Crippen LogP contribution in [0.15, 0.2) is 9.64 Å². The van der Waals surface area contributed by atoms with Crippen LogP contribution in [0, 0.1) is 0 Å². The van der Waals surface area contributed by atoms with Crippen molar-refractivity contribution in [2.24, 2.45) is 0 Å². The summed E-state index contributed by atoms with van der Waals surface area (Å²) in [5.74, 6) is 0. The summed E-state index contributed by atoms with van der Waals surface area (Å²) in [4.78, 5) is 4.05. The Hall–Kier alpha value is 0.391. The zero-order valence-electron chi connectivity index (χ0n) is 8.71. The second-order valence-corrected chi connectivity index (χ2v) is 19.0. The van der Waals surface area contributed by atoms with Crippen LogP contribution in [-0.4, -0.2) is 25.7 Å². The molecular weight excluding hydrogens is 180 g/mol. The van der Waals surface area contributed by atoms with E-state index in [0.29, 0.717) is 0 Å². The van der Waals surface area contributed by atoms with Crippen molar-refractivity contribution < 1.29 is 0 Å². The lowest BCUT2D eigenvalue weighted by molar-refractivity contribution is 1.73. The summed E-state index contributed by atoms with van der Waals surface area (Å²) in [6.07, 6.45) is 0. The smallest absolute Gasteiger partial charge is 0.0668 e. The lowest BCUT2D eigenvalue weighted by Crippen LogP contribution is -2.21. The molecule has 0 aromatic rings. The Morgan fingerprint density at radius 1 is 0.727 bits per heavy atom. The molecule has 1 heterocycles. The molecule has 1 aliphatic heterocycles. The molecule has 0 amide bonds. The maximum atomic E-state index is 2.50. The van der Waals surface area contributed by atoms with Crippen LogP contribution in [0.25, 0.3) is 0 Å². The maximum absolute atomic E-state index is 2.50. The topological polar surface area (TPSA) is 0 Å². The fraction of sp³-hybridized carbons (Fsp3) is 0.750. The molecule has 0 saturated heterocycles. The summed E-state index contributed by atoms with van der Waals surface area (Å²) in [6.45, 7) is 15.0. The van der Waals surface area contributed by atoms with Crippen LogP contribution in [0.3, 0.4) is 0 Å². The Bertz CT molecular complexity index is 180. The van der Waals surface area contributed by atoms with Crippen molar-refractivity contribution in [3.05, 3.63) is 9.64 Å². The summed E-state index contributed by atoms with van der Waals surface area (Å²) in [6, 6.07) is 0. The first kappa shape index (κ1) is 9.48. The largest absolute Gasteiger partial charge is 0.101 e. The van der Waals surface area contributed by atoms with E-state index in [1.807, 2.05) is 9.64 Å². The molecule has 0 aromatic carbocycles. The van der Waals surface area contributed by atoms with Crippen LogP contribution in [0.4, 0.5) is 0 Å². The third kappa shape index (κ3) is 2.16. The van der Waals surface area contributed by atoms with E-state index in [-0.39, 0.29) is 9.52 Å². The molecule has 0 aromatic heterocycles. The molecule has 0 nitrogen and oxygen atoms in total. The second-order valence-electron chi connectivity index (χ2n) is 5.63. The van der Waals surface area contributed by atoms with Crippen molar-refractivity contribution in [1.29, 1.82) is 0 Å². The number of hydrogen-bond acceptors (Lipinski definition) is 0. The van der Waals surface area contributed by atoms with Crippen molar-refractivity contribution in [2.45, 2.75) is 39.3 Å². The highest BCUT2D eigenvalue weighted by Gasteiger charge is 2.39. The lowest BCUT2D eigenvalue weighted by atomic mass is 11.2. The van der Waals surface area contributed by atoms with Crippen molar-refractivity contribution in [3.63, 3.8) is 0 Å². The molecular formula is C8H20Si3. The molecule has 0 atom stereocenters. The minimum absolute atomic E-state index is 0.243. The van der Waals surface area contributed by atoms with Crippen molar-refractivity contribution in [1.82, 2.24) is 0 Å². The third-order valence-electron chi connectivity index (χ3n) is 2.40. The van der Waals surface area contributed by atoms with Gasteiger partial charge in [-0.1, -0.05) is 39.3 Å². The van der Waals surface area contributed by atoms with E-state index in [4.69, 9.17) is 0 Å². The van der Waals surface area contributed by atoms with Gasteiger partial charge in [0.25, 0.3) is 0 Å². The van der Waals surface area contributed by atoms with E-state index in [1.54, 1.807) is 0 Å². The van der Waals surface area contributed by atoms with E-state index in [2.05, 4.69) is 39.3 Å². The summed E-state index contributed by atoms with van der Waals surface area (Å²) in [7, 11) is -1.40. The predicted molar refractivity (Wildman–Crippen MR) is 62.3 cm³/mol. The molecule has 0 spiro atoms. The summed E-state index contributed by atoms with van der Waals surface area (Å²) < 4.78 is 0. The van der Waals surface area contributed by atoms with E-state index in [9.17, 15) is 0 Å². The van der Waals surface area contributed by atoms with Gasteiger partial charge in [-0.3, -0.25) is 0 Å². The summed E-state index contributed by atoms with van der Waals surface area (Å²) in [5.41, 5.74) is 0. The van der Waals surface area contributed by atoms with Gasteiger partial charge in [-0.2, -0.15) is 0 Å². The van der Waals surface area contributed by atoms with Gasteiger partial charge >= 0.3 is 0 Å². The van der Waals surface area contributed by atoms with Crippen molar-refractivity contribution in [2.75, 3.05) is 0 Å². The molecule has 0 N–H and O–H groups in total. The van der Waals surface area contributed by atoms with Gasteiger partial charge in [0.1, 0.15) is 0 Å². The molecule has 0 radical (unpaired) electrons. The summed E-state index contributed by atoms with van der Waals surface area (Å²) in [5, 5.41) is 0. The van der Waals surface area contributed by atoms with E-state index < -0.39 is 16.1 Å². The molecule has 0 aliphatic carbocycles. The van der Waals surface area contributed by atoms with E-state index in [0.717, 1.165) is 0 Å². The molecule has 0 saturated carbocycles. The average molecular weight is 201 g/mol. The van der Waals surface area contributed by atoms with Crippen LogP contribution in [-0.2, 0) is 0 Å². The van der Waals surface area contributed by atoms with Gasteiger partial charge in [0.05, 0.1) is 25.7 Å². The molecule has 1 rings (SSSR count). The number of hydrogen-bond donors (Lipinski definition) is 0. The first-order valence-corrected chi connectivity index (χ1v) is 12.9. The van der Waals surface area contributed by atoms with Gasteiger partial charge in [-0.05, 0) is 0 Å². The number of rotatable bonds is 2. The zero-order chi connectivity index (χ0) is 8.86. The Balaban J connectivity index is 2.77. The SMILES string of the molecule is C[Si](C)(C)C1=C([Si](C)(C)C)[SiH2]1. The normalized spacial score (nSPS) is 19.1. The minimum Gasteiger partial charge on any atom is -0.101 e. The van der Waals surface area contributed by atoms with E-state index >= 15 is 0 Å². The molecule has 3 heteroatoms. The fourth-order valence-corrected chi connectivity index (χ4v) is 14.9. The minimum atomic E-state index is -0.820. The van der Waals surface area contributed by atoms with Gasteiger partial charge in [-0.25, -0.2) is 0 Å². The molecule has 11 heavy (non-hydrogen) atoms. The molecule has 64 valence electrons. The molecule has 0 unspecified atom stereocenters. The van der Waals surface area contributed by atoms with Gasteiger partial charge < -0.3 is 0 Å². The van der Waals surface area contributed by atoms with Gasteiger partial charge in [0.15, 0.2) is 0 Å². The van der Waals surface area contributed by atoms with Crippen LogP contribution in [0.5, 0.6) is 0 Å². The Labute approximate surface area is 74.9 Å². The van der Waals surface area contributed by atoms with E-state index in [1.165, 1.54) is 0 Å². The molecule has 0 bridgehead atoms. The van der Waals surface area contributed by atoms with Gasteiger partial charge in [0.2, 0.25) is 0 Å². The van der Waals surface area contributed by atoms with Crippen LogP contribution < -0.4 is 0 Å². The van der Waals surface area contributed by atoms with Crippen LogP contribution in [0.1, 0.15) is 0 Å². The fourth-order valence-electron chi connectivity index (χ4n) is 1.57. The summed E-state index contributed by atoms with van der Waals surface area (Å²) >= 11 is 0. The average Bonchev–Trinajstić information content (AvgIpc) is 2.30. The first-order chi connectivity index (χ1) is 4.73. The van der Waals surface area contributed by atoms with Gasteiger partial charge in [-0.15, -0.1) is 9.64 Å². The Morgan fingerprint density at radius 2 is 1.00 bits per heavy atom. The molecule has 0 fully saturated rings. The van der Waals surface area contributed by atoms with Gasteiger partial charge in [0, 0.05) is 0 Å². The standard InChI is InChI=1S/C8H20Si3/c1-10(2,3)7-8(9-7)11(4,5)6/h9H2,1-6H3. The maximum Gasteiger partial charge on any atom is 0.0668 e. The lowest BCUT2D eigenvalue weighted by Gasteiger charge is -2.13. The Morgan fingerprint density at radius 3 is 1.09 bits per heavy atom. The quantitative estimate of drug-likeness (QED) is 0.599. The predicted octanol–water partition coefficient (Wildman–Crippen LogP) is 2.14. The highest BCUT2D eigenvalue weighted by atomic mass is 28.4. The molecule has 1 aliphatic rings. The highest BCUT2D eigenvalue weighted by molar-refractivity contribution is 7.13. The van der Waals surface area contributed by atoms with Crippen molar-refractivity contribution >= 4 is 25.7 Å².